The maximum Gasteiger partial charge on any atom is 0.263 e. The van der Waals surface area contributed by atoms with E-state index in [1.807, 2.05) is 12.1 Å². The highest BCUT2D eigenvalue weighted by Gasteiger charge is 2.27. The highest BCUT2D eigenvalue weighted by Crippen LogP contribution is 2.31. The second kappa shape index (κ2) is 7.67. The fourth-order valence-electron chi connectivity index (χ4n) is 3.65. The fraction of sp³-hybridized carbons (Fsp3) is 0.217. The van der Waals surface area contributed by atoms with Gasteiger partial charge in [-0.15, -0.1) is 0 Å². The molecule has 0 aliphatic rings. The van der Waals surface area contributed by atoms with E-state index in [2.05, 4.69) is 14.8 Å². The lowest BCUT2D eigenvalue weighted by Gasteiger charge is -2.21. The number of aryl methyl sites for hydroxylation is 1. The van der Waals surface area contributed by atoms with Crippen LogP contribution in [-0.4, -0.2) is 23.2 Å². The zero-order chi connectivity index (χ0) is 23.3. The number of hydrogen-bond acceptors (Lipinski definition) is 4. The predicted molar refractivity (Wildman–Crippen MR) is 119 cm³/mol. The monoisotopic (exact) mass is 456 g/mol. The van der Waals surface area contributed by atoms with E-state index in [0.29, 0.717) is 16.9 Å². The normalized spacial score (nSPS) is 12.3. The molecule has 0 bridgehead atoms. The first kappa shape index (κ1) is 21.9. The lowest BCUT2D eigenvalue weighted by atomic mass is 9.86. The summed E-state index contributed by atoms with van der Waals surface area (Å²) in [4.78, 5) is 3.80. The number of fused-ring (bicyclic) bond motifs is 1. The van der Waals surface area contributed by atoms with Gasteiger partial charge in [-0.25, -0.2) is 21.9 Å². The van der Waals surface area contributed by atoms with Crippen LogP contribution in [0.25, 0.3) is 16.6 Å². The number of benzene rings is 2. The highest BCUT2D eigenvalue weighted by atomic mass is 32.2. The van der Waals surface area contributed by atoms with Gasteiger partial charge in [0.2, 0.25) is 0 Å². The van der Waals surface area contributed by atoms with Crippen molar-refractivity contribution in [3.63, 3.8) is 0 Å². The topological polar surface area (TPSA) is 76.9 Å². The third kappa shape index (κ3) is 3.95. The van der Waals surface area contributed by atoms with E-state index in [1.54, 1.807) is 58.2 Å². The maximum atomic E-state index is 14.6. The van der Waals surface area contributed by atoms with Crippen molar-refractivity contribution in [2.75, 3.05) is 4.72 Å². The molecule has 0 atom stereocenters. The summed E-state index contributed by atoms with van der Waals surface area (Å²) in [6.45, 7) is 6.68. The van der Waals surface area contributed by atoms with E-state index in [-0.39, 0.29) is 11.4 Å². The molecule has 0 saturated heterocycles. The molecule has 32 heavy (non-hydrogen) atoms. The van der Waals surface area contributed by atoms with E-state index >= 15 is 0 Å². The molecule has 2 heterocycles. The number of anilines is 1. The molecule has 2 aromatic heterocycles. The molecular formula is C23H22F2N4O2S. The van der Waals surface area contributed by atoms with Crippen LogP contribution in [0.2, 0.25) is 0 Å². The Balaban J connectivity index is 1.79. The van der Waals surface area contributed by atoms with Crippen LogP contribution < -0.4 is 4.72 Å². The zero-order valence-corrected chi connectivity index (χ0v) is 18.8. The van der Waals surface area contributed by atoms with Gasteiger partial charge in [0.15, 0.2) is 0 Å². The van der Waals surface area contributed by atoms with E-state index < -0.39 is 32.0 Å². The lowest BCUT2D eigenvalue weighted by Crippen LogP contribution is -2.20. The summed E-state index contributed by atoms with van der Waals surface area (Å²) in [5.41, 5.74) is 0.905. The van der Waals surface area contributed by atoms with Gasteiger partial charge in [-0.2, -0.15) is 5.10 Å². The van der Waals surface area contributed by atoms with Crippen molar-refractivity contribution in [2.24, 2.45) is 0 Å². The van der Waals surface area contributed by atoms with Crippen LogP contribution >= 0.6 is 0 Å². The molecule has 9 heteroatoms. The number of aromatic nitrogens is 3. The number of sulfonamides is 1. The third-order valence-electron chi connectivity index (χ3n) is 5.00. The summed E-state index contributed by atoms with van der Waals surface area (Å²) in [6, 6.07) is 12.2. The first-order valence-electron chi connectivity index (χ1n) is 9.90. The molecule has 0 radical (unpaired) electrons. The molecule has 4 aromatic rings. The summed E-state index contributed by atoms with van der Waals surface area (Å²) in [5, 5.41) is 5.17. The van der Waals surface area contributed by atoms with E-state index in [0.717, 1.165) is 17.5 Å². The van der Waals surface area contributed by atoms with Gasteiger partial charge in [0.05, 0.1) is 21.8 Å². The number of pyridine rings is 1. The number of hydrogen-bond donors (Lipinski definition) is 1. The molecule has 6 nitrogen and oxygen atoms in total. The maximum absolute atomic E-state index is 14.6. The van der Waals surface area contributed by atoms with Crippen LogP contribution in [0.15, 0.2) is 59.6 Å². The number of rotatable bonds is 4. The Labute approximate surface area is 185 Å². The molecule has 0 aliphatic heterocycles. The molecule has 0 aliphatic carbocycles. The third-order valence-corrected chi connectivity index (χ3v) is 6.33. The molecule has 0 unspecified atom stereocenters. The van der Waals surface area contributed by atoms with E-state index in [1.165, 1.54) is 4.68 Å². The van der Waals surface area contributed by atoms with Crippen molar-refractivity contribution in [2.45, 2.75) is 38.0 Å². The summed E-state index contributed by atoms with van der Waals surface area (Å²) < 4.78 is 59.2. The molecule has 0 saturated carbocycles. The minimum Gasteiger partial charge on any atom is -0.263 e. The summed E-state index contributed by atoms with van der Waals surface area (Å²) in [7, 11) is -4.30. The Kier molecular flexibility index (Phi) is 5.24. The van der Waals surface area contributed by atoms with Crippen LogP contribution in [-0.2, 0) is 15.4 Å². The number of nitrogens with one attached hydrogen (secondary N) is 1. The van der Waals surface area contributed by atoms with Crippen molar-refractivity contribution in [1.29, 1.82) is 0 Å². The zero-order valence-electron chi connectivity index (χ0n) is 18.0. The quantitative estimate of drug-likeness (QED) is 0.463. The van der Waals surface area contributed by atoms with Gasteiger partial charge in [0, 0.05) is 23.2 Å². The van der Waals surface area contributed by atoms with Crippen molar-refractivity contribution in [3.8, 4) is 5.69 Å². The predicted octanol–water partition coefficient (Wildman–Crippen LogP) is 5.11. The van der Waals surface area contributed by atoms with Crippen LogP contribution in [0.5, 0.6) is 0 Å². The van der Waals surface area contributed by atoms with Gasteiger partial charge in [-0.05, 0) is 48.7 Å². The average molecular weight is 457 g/mol. The van der Waals surface area contributed by atoms with Crippen LogP contribution in [0.3, 0.4) is 0 Å². The molecule has 0 fully saturated rings. The first-order valence-corrected chi connectivity index (χ1v) is 11.4. The molecular weight excluding hydrogens is 434 g/mol. The minimum atomic E-state index is -4.30. The SMILES string of the molecule is Cc1cc(NS(=O)(=O)c2cc(F)c(C(C)(C)C)c(F)c2)n(-c2cccc3ncccc23)n1. The summed E-state index contributed by atoms with van der Waals surface area (Å²) >= 11 is 0. The Morgan fingerprint density at radius 2 is 1.69 bits per heavy atom. The largest absolute Gasteiger partial charge is 0.263 e. The number of nitrogens with zero attached hydrogens (tertiary/aromatic N) is 3. The van der Waals surface area contributed by atoms with Crippen molar-refractivity contribution in [3.05, 3.63) is 77.6 Å². The van der Waals surface area contributed by atoms with Crippen LogP contribution in [0, 0.1) is 18.6 Å². The number of halogens is 2. The van der Waals surface area contributed by atoms with Gasteiger partial charge in [-0.3, -0.25) is 9.71 Å². The smallest absolute Gasteiger partial charge is 0.263 e. The van der Waals surface area contributed by atoms with Crippen molar-refractivity contribution >= 4 is 26.7 Å². The Hall–Kier alpha value is -3.33. The van der Waals surface area contributed by atoms with E-state index in [9.17, 15) is 17.2 Å². The Morgan fingerprint density at radius 1 is 1.00 bits per heavy atom. The second-order valence-electron chi connectivity index (χ2n) is 8.55. The minimum absolute atomic E-state index is 0.138. The van der Waals surface area contributed by atoms with Gasteiger partial charge in [0.25, 0.3) is 10.0 Å². The summed E-state index contributed by atoms with van der Waals surface area (Å²) in [6.07, 6.45) is 1.66. The first-order chi connectivity index (χ1) is 15.0. The van der Waals surface area contributed by atoms with Gasteiger partial charge < -0.3 is 0 Å². The van der Waals surface area contributed by atoms with Crippen LogP contribution in [0.4, 0.5) is 14.6 Å². The fourth-order valence-corrected chi connectivity index (χ4v) is 4.70. The molecule has 0 spiro atoms. The van der Waals surface area contributed by atoms with Crippen molar-refractivity contribution < 1.29 is 17.2 Å². The molecule has 166 valence electrons. The van der Waals surface area contributed by atoms with Crippen LogP contribution in [0.1, 0.15) is 32.0 Å². The second-order valence-corrected chi connectivity index (χ2v) is 10.2. The highest BCUT2D eigenvalue weighted by molar-refractivity contribution is 7.92. The average Bonchev–Trinajstić information content (AvgIpc) is 3.05. The molecule has 2 aromatic carbocycles. The van der Waals surface area contributed by atoms with Gasteiger partial charge in [0.1, 0.15) is 17.5 Å². The van der Waals surface area contributed by atoms with Gasteiger partial charge in [-0.1, -0.05) is 26.8 Å². The molecule has 1 N–H and O–H groups in total. The van der Waals surface area contributed by atoms with Crippen molar-refractivity contribution in [1.82, 2.24) is 14.8 Å². The lowest BCUT2D eigenvalue weighted by molar-refractivity contribution is 0.471. The molecule has 0 amide bonds. The Bertz CT molecular complexity index is 1410. The Morgan fingerprint density at radius 3 is 2.34 bits per heavy atom. The van der Waals surface area contributed by atoms with Gasteiger partial charge >= 0.3 is 0 Å². The summed E-state index contributed by atoms with van der Waals surface area (Å²) in [5.74, 6) is -1.69. The standard InChI is InChI=1S/C23H22F2N4O2S/c1-14-11-21(29(27-14)20-9-5-8-19-16(20)7-6-10-26-19)28-32(30,31)15-12-17(24)22(18(25)13-15)23(2,3)4/h5-13,28H,1-4H3. The molecule has 4 rings (SSSR count). The van der Waals surface area contributed by atoms with E-state index in [4.69, 9.17) is 0 Å².